The van der Waals surface area contributed by atoms with Crippen LogP contribution in [0.1, 0.15) is 16.0 Å². The van der Waals surface area contributed by atoms with Gasteiger partial charge in [0.15, 0.2) is 11.6 Å². The summed E-state index contributed by atoms with van der Waals surface area (Å²) in [5.74, 6) is -1.71. The predicted octanol–water partition coefficient (Wildman–Crippen LogP) is 5.87. The Hall–Kier alpha value is -0.450. The monoisotopic (exact) mass is 394 g/mol. The van der Waals surface area contributed by atoms with Crippen LogP contribution in [0.5, 0.6) is 0 Å². The second kappa shape index (κ2) is 5.68. The van der Waals surface area contributed by atoms with Crippen LogP contribution in [0.3, 0.4) is 0 Å². The van der Waals surface area contributed by atoms with Crippen molar-refractivity contribution in [2.45, 2.75) is 4.83 Å². The molecule has 18 heavy (non-hydrogen) atoms. The van der Waals surface area contributed by atoms with Crippen molar-refractivity contribution in [3.63, 3.8) is 0 Å². The first-order valence-electron chi connectivity index (χ1n) is 5.03. The molecule has 2 aromatic rings. The predicted molar refractivity (Wildman–Crippen MR) is 76.3 cm³/mol. The molecule has 5 heteroatoms. The molecule has 0 heterocycles. The van der Waals surface area contributed by atoms with Gasteiger partial charge in [-0.05, 0) is 51.3 Å². The molecular formula is C13H7Br2ClF2. The third-order valence-electron chi connectivity index (χ3n) is 2.47. The fraction of sp³-hybridized carbons (Fsp3) is 0.0769. The molecule has 0 aromatic heterocycles. The quantitative estimate of drug-likeness (QED) is 0.558. The molecule has 94 valence electrons. The molecule has 0 saturated heterocycles. The third kappa shape index (κ3) is 2.92. The van der Waals surface area contributed by atoms with Crippen molar-refractivity contribution in [1.82, 2.24) is 0 Å². The Morgan fingerprint density at radius 1 is 0.944 bits per heavy atom. The van der Waals surface area contributed by atoms with Crippen molar-refractivity contribution in [3.8, 4) is 0 Å². The van der Waals surface area contributed by atoms with Crippen LogP contribution in [-0.2, 0) is 0 Å². The molecule has 1 atom stereocenters. The molecule has 0 aliphatic heterocycles. The Morgan fingerprint density at radius 2 is 1.56 bits per heavy atom. The molecule has 2 rings (SSSR count). The molecule has 0 N–H and O–H groups in total. The number of benzene rings is 2. The standard InChI is InChI=1S/C13H7Br2ClF2/c14-9-5-7(1-3-10(9)16)13(15)8-2-4-11(17)12(18)6-8/h1-6,13H. The zero-order valence-electron chi connectivity index (χ0n) is 8.93. The molecule has 0 aliphatic carbocycles. The van der Waals surface area contributed by atoms with Gasteiger partial charge in [-0.1, -0.05) is 39.7 Å². The van der Waals surface area contributed by atoms with Gasteiger partial charge in [-0.2, -0.15) is 0 Å². The van der Waals surface area contributed by atoms with E-state index in [2.05, 4.69) is 31.9 Å². The molecule has 0 radical (unpaired) electrons. The second-order valence-corrected chi connectivity index (χ2v) is 5.89. The van der Waals surface area contributed by atoms with Crippen molar-refractivity contribution >= 4 is 43.5 Å². The van der Waals surface area contributed by atoms with E-state index in [1.807, 2.05) is 12.1 Å². The molecular weight excluding hydrogens is 389 g/mol. The van der Waals surface area contributed by atoms with Crippen LogP contribution in [0.25, 0.3) is 0 Å². The Kier molecular flexibility index (Phi) is 4.41. The Bertz CT molecular complexity index is 536. The second-order valence-electron chi connectivity index (χ2n) is 3.71. The van der Waals surface area contributed by atoms with Gasteiger partial charge in [-0.3, -0.25) is 0 Å². The summed E-state index contributed by atoms with van der Waals surface area (Å²) in [6.45, 7) is 0. The van der Waals surface area contributed by atoms with Crippen LogP contribution in [0.4, 0.5) is 8.78 Å². The van der Waals surface area contributed by atoms with Gasteiger partial charge in [0, 0.05) is 4.47 Å². The van der Waals surface area contributed by atoms with E-state index >= 15 is 0 Å². The summed E-state index contributed by atoms with van der Waals surface area (Å²) in [6, 6.07) is 9.24. The normalized spacial score (nSPS) is 12.5. The lowest BCUT2D eigenvalue weighted by atomic mass is 10.0. The zero-order chi connectivity index (χ0) is 13.3. The molecule has 0 spiro atoms. The van der Waals surface area contributed by atoms with E-state index in [0.29, 0.717) is 10.6 Å². The highest BCUT2D eigenvalue weighted by atomic mass is 79.9. The van der Waals surface area contributed by atoms with Crippen molar-refractivity contribution in [2.75, 3.05) is 0 Å². The maximum Gasteiger partial charge on any atom is 0.159 e. The molecule has 0 amide bonds. The van der Waals surface area contributed by atoms with Crippen LogP contribution < -0.4 is 0 Å². The van der Waals surface area contributed by atoms with E-state index in [9.17, 15) is 8.78 Å². The minimum absolute atomic E-state index is 0.221. The molecule has 2 aromatic carbocycles. The Balaban J connectivity index is 2.37. The lowest BCUT2D eigenvalue weighted by Crippen LogP contribution is -1.95. The van der Waals surface area contributed by atoms with Gasteiger partial charge in [-0.15, -0.1) is 0 Å². The van der Waals surface area contributed by atoms with E-state index in [4.69, 9.17) is 11.6 Å². The van der Waals surface area contributed by atoms with E-state index in [0.717, 1.165) is 16.1 Å². The highest BCUT2D eigenvalue weighted by Crippen LogP contribution is 2.34. The smallest absolute Gasteiger partial charge is 0.159 e. The maximum absolute atomic E-state index is 13.2. The molecule has 0 fully saturated rings. The molecule has 0 aliphatic rings. The van der Waals surface area contributed by atoms with Gasteiger partial charge >= 0.3 is 0 Å². The molecule has 1 unspecified atom stereocenters. The van der Waals surface area contributed by atoms with Gasteiger partial charge in [-0.25, -0.2) is 8.78 Å². The van der Waals surface area contributed by atoms with Gasteiger partial charge < -0.3 is 0 Å². The molecule has 0 saturated carbocycles. The minimum atomic E-state index is -0.857. The van der Waals surface area contributed by atoms with Crippen LogP contribution >= 0.6 is 43.5 Å². The highest BCUT2D eigenvalue weighted by molar-refractivity contribution is 9.10. The lowest BCUT2D eigenvalue weighted by molar-refractivity contribution is 0.507. The average Bonchev–Trinajstić information content (AvgIpc) is 2.35. The fourth-order valence-electron chi connectivity index (χ4n) is 1.53. The summed E-state index contributed by atoms with van der Waals surface area (Å²) in [7, 11) is 0. The van der Waals surface area contributed by atoms with E-state index in [1.165, 1.54) is 6.07 Å². The molecule has 0 bridgehead atoms. The van der Waals surface area contributed by atoms with E-state index in [1.54, 1.807) is 12.1 Å². The van der Waals surface area contributed by atoms with Gasteiger partial charge in [0.1, 0.15) is 0 Å². The number of hydrogen-bond acceptors (Lipinski definition) is 0. The van der Waals surface area contributed by atoms with Gasteiger partial charge in [0.2, 0.25) is 0 Å². The van der Waals surface area contributed by atoms with Crippen molar-refractivity contribution in [2.24, 2.45) is 0 Å². The summed E-state index contributed by atoms with van der Waals surface area (Å²) < 4.78 is 26.8. The summed E-state index contributed by atoms with van der Waals surface area (Å²) in [5.41, 5.74) is 1.54. The van der Waals surface area contributed by atoms with Gasteiger partial charge in [0.25, 0.3) is 0 Å². The SMILES string of the molecule is Fc1ccc(C(Br)c2ccc(Cl)c(Br)c2)cc1F. The third-order valence-corrected chi connectivity index (χ3v) is 4.74. The lowest BCUT2D eigenvalue weighted by Gasteiger charge is -2.12. The largest absolute Gasteiger partial charge is 0.204 e. The van der Waals surface area contributed by atoms with Gasteiger partial charge in [0.05, 0.1) is 9.85 Å². The Labute approximate surface area is 125 Å². The van der Waals surface area contributed by atoms with E-state index < -0.39 is 11.6 Å². The van der Waals surface area contributed by atoms with Crippen molar-refractivity contribution < 1.29 is 8.78 Å². The first-order chi connectivity index (χ1) is 8.49. The first-order valence-corrected chi connectivity index (χ1v) is 7.11. The summed E-state index contributed by atoms with van der Waals surface area (Å²) in [5, 5.41) is 0.601. The van der Waals surface area contributed by atoms with Crippen LogP contribution in [0, 0.1) is 11.6 Å². The van der Waals surface area contributed by atoms with E-state index in [-0.39, 0.29) is 4.83 Å². The number of rotatable bonds is 2. The maximum atomic E-state index is 13.2. The molecule has 0 nitrogen and oxygen atoms in total. The van der Waals surface area contributed by atoms with Crippen LogP contribution in [0.15, 0.2) is 40.9 Å². The minimum Gasteiger partial charge on any atom is -0.204 e. The van der Waals surface area contributed by atoms with Crippen molar-refractivity contribution in [3.05, 3.63) is 68.7 Å². The fourth-order valence-corrected chi connectivity index (χ4v) is 2.62. The average molecular weight is 396 g/mol. The summed E-state index contributed by atoms with van der Waals surface area (Å²) in [4.78, 5) is -0.221. The van der Waals surface area contributed by atoms with Crippen molar-refractivity contribution in [1.29, 1.82) is 0 Å². The topological polar surface area (TPSA) is 0 Å². The van der Waals surface area contributed by atoms with Crippen LogP contribution in [0.2, 0.25) is 5.02 Å². The highest BCUT2D eigenvalue weighted by Gasteiger charge is 2.13. The summed E-state index contributed by atoms with van der Waals surface area (Å²) in [6.07, 6.45) is 0. The number of halogens is 5. The summed E-state index contributed by atoms with van der Waals surface area (Å²) >= 11 is 12.7. The van der Waals surface area contributed by atoms with Crippen LogP contribution in [-0.4, -0.2) is 0 Å². The zero-order valence-corrected chi connectivity index (χ0v) is 12.9. The Morgan fingerprint density at radius 3 is 2.17 bits per heavy atom. The number of hydrogen-bond donors (Lipinski definition) is 0. The number of alkyl halides is 1. The first kappa shape index (κ1) is 14.0.